The fourth-order valence-electron chi connectivity index (χ4n) is 3.71. The number of alkyl halides is 3. The van der Waals surface area contributed by atoms with Crippen molar-refractivity contribution in [1.29, 1.82) is 0 Å². The first-order valence-corrected chi connectivity index (χ1v) is 10.4. The van der Waals surface area contributed by atoms with Crippen LogP contribution in [0.1, 0.15) is 56.3 Å². The number of alkyl carbamates (subject to hydrolysis) is 1. The molecule has 4 rings (SSSR count). The van der Waals surface area contributed by atoms with Crippen molar-refractivity contribution in [3.8, 4) is 0 Å². The second-order valence-electron chi connectivity index (χ2n) is 8.68. The minimum absolute atomic E-state index is 0.115. The maximum atomic E-state index is 12.4. The van der Waals surface area contributed by atoms with Crippen molar-refractivity contribution in [1.82, 2.24) is 30.5 Å². The van der Waals surface area contributed by atoms with Crippen molar-refractivity contribution < 1.29 is 27.5 Å². The summed E-state index contributed by atoms with van der Waals surface area (Å²) in [6, 6.07) is 1.71. The lowest BCUT2D eigenvalue weighted by Crippen LogP contribution is -2.36. The molecule has 2 fully saturated rings. The lowest BCUT2D eigenvalue weighted by atomic mass is 10.0. The Hall–Kier alpha value is -3.12. The minimum Gasteiger partial charge on any atom is -0.446 e. The van der Waals surface area contributed by atoms with E-state index >= 15 is 0 Å². The van der Waals surface area contributed by atoms with Crippen LogP contribution in [-0.2, 0) is 22.5 Å². The zero-order valence-corrected chi connectivity index (χ0v) is 17.4. The van der Waals surface area contributed by atoms with Gasteiger partial charge >= 0.3 is 12.3 Å². The van der Waals surface area contributed by atoms with Gasteiger partial charge < -0.3 is 15.4 Å². The number of aromatic nitrogens is 5. The summed E-state index contributed by atoms with van der Waals surface area (Å²) in [6.45, 7) is 0.716. The van der Waals surface area contributed by atoms with E-state index < -0.39 is 18.6 Å². The van der Waals surface area contributed by atoms with Crippen LogP contribution in [0, 0.1) is 0 Å². The molecule has 2 heterocycles. The molecule has 3 N–H and O–H groups in total. The number of nitrogens with zero attached hydrogens (tertiary/aromatic N) is 4. The molecule has 0 bridgehead atoms. The maximum absolute atomic E-state index is 12.4. The van der Waals surface area contributed by atoms with Crippen LogP contribution in [0.3, 0.4) is 0 Å². The smallest absolute Gasteiger partial charge is 0.408 e. The van der Waals surface area contributed by atoms with Gasteiger partial charge in [-0.15, -0.1) is 5.10 Å². The van der Waals surface area contributed by atoms with Crippen molar-refractivity contribution >= 4 is 17.8 Å². The number of amides is 2. The van der Waals surface area contributed by atoms with Crippen LogP contribution in [0.2, 0.25) is 0 Å². The quantitative estimate of drug-likeness (QED) is 0.589. The number of ether oxygens (including phenoxy) is 1. The molecule has 0 unspecified atom stereocenters. The average Bonchev–Trinajstić information content (AvgIpc) is 3.10. The molecule has 174 valence electrons. The van der Waals surface area contributed by atoms with Gasteiger partial charge in [0, 0.05) is 29.4 Å². The number of carbonyl (C=O) groups is 2. The van der Waals surface area contributed by atoms with E-state index in [4.69, 9.17) is 4.74 Å². The molecular formula is C19H24F3N7O3. The molecule has 2 aliphatic carbocycles. The number of hydrogen-bond donors (Lipinski definition) is 3. The molecule has 0 aromatic carbocycles. The molecule has 2 amide bonds. The van der Waals surface area contributed by atoms with Gasteiger partial charge in [-0.1, -0.05) is 5.21 Å². The van der Waals surface area contributed by atoms with Gasteiger partial charge in [-0.05, 0) is 39.0 Å². The first kappa shape index (κ1) is 22.1. The van der Waals surface area contributed by atoms with Crippen molar-refractivity contribution in [2.24, 2.45) is 0 Å². The number of nitrogens with one attached hydrogen (secondary N) is 3. The summed E-state index contributed by atoms with van der Waals surface area (Å²) >= 11 is 0. The van der Waals surface area contributed by atoms with E-state index in [0.717, 1.165) is 37.6 Å². The summed E-state index contributed by atoms with van der Waals surface area (Å²) < 4.78 is 43.3. The summed E-state index contributed by atoms with van der Waals surface area (Å²) in [4.78, 5) is 24.1. The van der Waals surface area contributed by atoms with E-state index in [1.165, 1.54) is 0 Å². The van der Waals surface area contributed by atoms with Gasteiger partial charge in [-0.25, -0.2) is 9.48 Å². The van der Waals surface area contributed by atoms with E-state index in [0.29, 0.717) is 16.9 Å². The van der Waals surface area contributed by atoms with Gasteiger partial charge in [0.05, 0.1) is 12.1 Å². The summed E-state index contributed by atoms with van der Waals surface area (Å²) in [6.07, 6.45) is 0.00635. The number of H-pyrrole nitrogens is 1. The number of aromatic amines is 1. The highest BCUT2D eigenvalue weighted by atomic mass is 19.4. The third-order valence-corrected chi connectivity index (χ3v) is 5.64. The molecule has 2 aromatic heterocycles. The molecular weight excluding hydrogens is 431 g/mol. The number of hydrogen-bond acceptors (Lipinski definition) is 6. The van der Waals surface area contributed by atoms with Gasteiger partial charge in [0.1, 0.15) is 12.6 Å². The number of carbonyl (C=O) groups excluding carboxylic acids is 2. The molecule has 32 heavy (non-hydrogen) atoms. The normalized spacial score (nSPS) is 21.9. The third kappa shape index (κ3) is 5.98. The average molecular weight is 455 g/mol. The summed E-state index contributed by atoms with van der Waals surface area (Å²) in [5.41, 5.74) is 0.812. The Morgan fingerprint density at radius 3 is 2.84 bits per heavy atom. The van der Waals surface area contributed by atoms with Crippen molar-refractivity contribution in [2.75, 3.05) is 5.32 Å². The van der Waals surface area contributed by atoms with E-state index in [-0.39, 0.29) is 35.8 Å². The second kappa shape index (κ2) is 8.43. The number of halogens is 3. The highest BCUT2D eigenvalue weighted by Gasteiger charge is 2.40. The lowest BCUT2D eigenvalue weighted by Gasteiger charge is -2.16. The molecule has 13 heteroatoms. The fourth-order valence-corrected chi connectivity index (χ4v) is 3.71. The van der Waals surface area contributed by atoms with Crippen molar-refractivity contribution in [2.45, 2.75) is 75.7 Å². The summed E-state index contributed by atoms with van der Waals surface area (Å²) in [7, 11) is 0. The summed E-state index contributed by atoms with van der Waals surface area (Å²) in [5, 5.41) is 19.4. The Morgan fingerprint density at radius 2 is 2.12 bits per heavy atom. The third-order valence-electron chi connectivity index (χ3n) is 5.64. The molecule has 0 aliphatic heterocycles. The molecule has 0 radical (unpaired) electrons. The van der Waals surface area contributed by atoms with Gasteiger partial charge in [0.25, 0.3) is 0 Å². The van der Waals surface area contributed by atoms with Crippen LogP contribution in [0.25, 0.3) is 0 Å². The predicted molar refractivity (Wildman–Crippen MR) is 105 cm³/mol. The Bertz CT molecular complexity index is 983. The van der Waals surface area contributed by atoms with Gasteiger partial charge in [0.2, 0.25) is 5.91 Å². The molecule has 2 aliphatic rings. The highest BCUT2D eigenvalue weighted by Crippen LogP contribution is 2.37. The first-order chi connectivity index (χ1) is 15.1. The monoisotopic (exact) mass is 455 g/mol. The second-order valence-corrected chi connectivity index (χ2v) is 8.68. The molecule has 0 spiro atoms. The maximum Gasteiger partial charge on any atom is 0.408 e. The van der Waals surface area contributed by atoms with Crippen molar-refractivity contribution in [3.05, 3.63) is 23.7 Å². The van der Waals surface area contributed by atoms with E-state index in [9.17, 15) is 22.8 Å². The topological polar surface area (TPSA) is 127 Å². The van der Waals surface area contributed by atoms with Gasteiger partial charge in [-0.2, -0.15) is 18.3 Å². The van der Waals surface area contributed by atoms with E-state index in [1.54, 1.807) is 6.07 Å². The molecule has 10 nitrogen and oxygen atoms in total. The minimum atomic E-state index is -4.41. The van der Waals surface area contributed by atoms with Crippen LogP contribution < -0.4 is 10.6 Å². The van der Waals surface area contributed by atoms with E-state index in [2.05, 4.69) is 31.1 Å². The van der Waals surface area contributed by atoms with Gasteiger partial charge in [0.15, 0.2) is 5.82 Å². The van der Waals surface area contributed by atoms with Crippen LogP contribution in [0.4, 0.5) is 23.8 Å². The molecule has 2 aromatic rings. The molecule has 2 saturated carbocycles. The highest BCUT2D eigenvalue weighted by molar-refractivity contribution is 5.91. The predicted octanol–water partition coefficient (Wildman–Crippen LogP) is 2.66. The Labute approximate surface area is 181 Å². The van der Waals surface area contributed by atoms with Gasteiger partial charge in [-0.3, -0.25) is 9.89 Å². The fraction of sp³-hybridized carbons (Fsp3) is 0.632. The Morgan fingerprint density at radius 1 is 1.34 bits per heavy atom. The largest absolute Gasteiger partial charge is 0.446 e. The standard InChI is InChI=1S/C19H24F3N7O3/c1-18(4-5-18)24-17(31)32-13-3-2-11(6-13)14-8-15(27-26-14)23-16(30)7-12-9-29(28-25-12)10-19(20,21)22/h8-9,11,13H,2-7,10H2,1H3,(H,24,31)(H2,23,26,27,30)/t11-,13+/m0/s1. The molecule has 2 atom stereocenters. The lowest BCUT2D eigenvalue weighted by molar-refractivity contribution is -0.142. The molecule has 0 saturated heterocycles. The van der Waals surface area contributed by atoms with Crippen LogP contribution in [-0.4, -0.2) is 55.0 Å². The van der Waals surface area contributed by atoms with Crippen LogP contribution >= 0.6 is 0 Å². The van der Waals surface area contributed by atoms with Crippen LogP contribution in [0.5, 0.6) is 0 Å². The summed E-state index contributed by atoms with van der Waals surface area (Å²) in [5.74, 6) is -0.0545. The number of anilines is 1. The number of rotatable bonds is 7. The van der Waals surface area contributed by atoms with E-state index in [1.807, 2.05) is 6.92 Å². The zero-order chi connectivity index (χ0) is 22.9. The zero-order valence-electron chi connectivity index (χ0n) is 17.4. The van der Waals surface area contributed by atoms with Crippen LogP contribution in [0.15, 0.2) is 12.3 Å². The Balaban J connectivity index is 1.24. The first-order valence-electron chi connectivity index (χ1n) is 10.4. The SMILES string of the molecule is CC1(NC(=O)O[C@@H]2CC[C@H](c3cc(NC(=O)Cc4cn(CC(F)(F)F)nn4)n[nH]3)C2)CC1. The Kier molecular flexibility index (Phi) is 5.82. The van der Waals surface area contributed by atoms with Crippen molar-refractivity contribution in [3.63, 3.8) is 0 Å².